The number of fused-ring (bicyclic) bond motifs is 1. The third kappa shape index (κ3) is 3.12. The van der Waals surface area contributed by atoms with Crippen molar-refractivity contribution < 1.29 is 4.74 Å². The molecular formula is C19H26N6O. The lowest BCUT2D eigenvalue weighted by Crippen LogP contribution is -2.40. The molecule has 4 heterocycles. The Morgan fingerprint density at radius 3 is 3.08 bits per heavy atom. The molecule has 1 fully saturated rings. The van der Waals surface area contributed by atoms with Gasteiger partial charge >= 0.3 is 0 Å². The molecule has 1 saturated heterocycles. The maximum Gasteiger partial charge on any atom is 0.157 e. The SMILES string of the molecule is CCn1ccnc1[C@H]1OCCC[C@@H]1NCc1cnc2c(c1)c(C)nn2C. The first-order valence-corrected chi connectivity index (χ1v) is 9.31. The number of pyridine rings is 1. The van der Waals surface area contributed by atoms with E-state index in [1.54, 1.807) is 0 Å². The maximum atomic E-state index is 6.08. The first-order chi connectivity index (χ1) is 12.7. The Kier molecular flexibility index (Phi) is 4.74. The number of aryl methyl sites for hydroxylation is 3. The number of aromatic nitrogens is 5. The summed E-state index contributed by atoms with van der Waals surface area (Å²) in [7, 11) is 1.93. The second kappa shape index (κ2) is 7.17. The molecule has 0 aliphatic carbocycles. The third-order valence-corrected chi connectivity index (χ3v) is 5.15. The highest BCUT2D eigenvalue weighted by molar-refractivity contribution is 5.78. The van der Waals surface area contributed by atoms with Gasteiger partial charge in [0.1, 0.15) is 11.9 Å². The molecule has 3 aromatic heterocycles. The number of rotatable bonds is 5. The summed E-state index contributed by atoms with van der Waals surface area (Å²) < 4.78 is 10.1. The van der Waals surface area contributed by atoms with Crippen molar-refractivity contribution in [1.82, 2.24) is 29.6 Å². The number of imidazole rings is 1. The van der Waals surface area contributed by atoms with Crippen LogP contribution in [-0.2, 0) is 24.9 Å². The van der Waals surface area contributed by atoms with Gasteiger partial charge in [-0.1, -0.05) is 0 Å². The van der Waals surface area contributed by atoms with Crippen LogP contribution in [0.15, 0.2) is 24.7 Å². The van der Waals surface area contributed by atoms with Crippen LogP contribution in [0.5, 0.6) is 0 Å². The molecule has 138 valence electrons. The first-order valence-electron chi connectivity index (χ1n) is 9.31. The molecule has 0 bridgehead atoms. The van der Waals surface area contributed by atoms with Gasteiger partial charge in [-0.05, 0) is 38.3 Å². The van der Waals surface area contributed by atoms with Crippen LogP contribution in [0.2, 0.25) is 0 Å². The van der Waals surface area contributed by atoms with Gasteiger partial charge in [0.05, 0.1) is 5.69 Å². The summed E-state index contributed by atoms with van der Waals surface area (Å²) in [4.78, 5) is 9.12. The van der Waals surface area contributed by atoms with Crippen LogP contribution in [0.25, 0.3) is 11.0 Å². The Bertz CT molecular complexity index is 899. The van der Waals surface area contributed by atoms with Crippen LogP contribution in [0.3, 0.4) is 0 Å². The standard InChI is InChI=1S/C19H26N6O/c1-4-25-8-7-20-19(25)17-16(6-5-9-26-17)21-11-14-10-15-13(2)23-24(3)18(15)22-12-14/h7-8,10,12,16-17,21H,4-6,9,11H2,1-3H3/t16-,17-/m0/s1. The second-order valence-corrected chi connectivity index (χ2v) is 6.92. The summed E-state index contributed by atoms with van der Waals surface area (Å²) >= 11 is 0. The zero-order valence-electron chi connectivity index (χ0n) is 15.6. The van der Waals surface area contributed by atoms with Crippen LogP contribution in [0, 0.1) is 6.92 Å². The monoisotopic (exact) mass is 354 g/mol. The minimum atomic E-state index is -0.00415. The van der Waals surface area contributed by atoms with Crippen LogP contribution >= 0.6 is 0 Å². The van der Waals surface area contributed by atoms with Crippen molar-refractivity contribution in [2.75, 3.05) is 6.61 Å². The normalized spacial score (nSPS) is 20.7. The quantitative estimate of drug-likeness (QED) is 0.762. The molecule has 0 aromatic carbocycles. The van der Waals surface area contributed by atoms with E-state index in [9.17, 15) is 0 Å². The lowest BCUT2D eigenvalue weighted by molar-refractivity contribution is -0.0182. The van der Waals surface area contributed by atoms with Gasteiger partial charge in [-0.2, -0.15) is 5.10 Å². The highest BCUT2D eigenvalue weighted by Gasteiger charge is 2.30. The molecule has 26 heavy (non-hydrogen) atoms. The zero-order valence-corrected chi connectivity index (χ0v) is 15.6. The van der Waals surface area contributed by atoms with Gasteiger partial charge < -0.3 is 14.6 Å². The van der Waals surface area contributed by atoms with E-state index in [0.717, 1.165) is 60.7 Å². The van der Waals surface area contributed by atoms with Gasteiger partial charge in [-0.3, -0.25) is 4.68 Å². The van der Waals surface area contributed by atoms with Gasteiger partial charge in [-0.15, -0.1) is 0 Å². The number of hydrogen-bond donors (Lipinski definition) is 1. The summed E-state index contributed by atoms with van der Waals surface area (Å²) in [5, 5.41) is 9.24. The fourth-order valence-corrected chi connectivity index (χ4v) is 3.79. The first kappa shape index (κ1) is 17.2. The topological polar surface area (TPSA) is 69.8 Å². The van der Waals surface area contributed by atoms with Gasteiger partial charge in [0.2, 0.25) is 0 Å². The Morgan fingerprint density at radius 1 is 1.35 bits per heavy atom. The van der Waals surface area contributed by atoms with Gasteiger partial charge in [-0.25, -0.2) is 9.97 Å². The molecule has 2 atom stereocenters. The highest BCUT2D eigenvalue weighted by Crippen LogP contribution is 2.28. The zero-order chi connectivity index (χ0) is 18.1. The lowest BCUT2D eigenvalue weighted by atomic mass is 10.0. The molecule has 7 heteroatoms. The van der Waals surface area contributed by atoms with Crippen molar-refractivity contribution in [3.63, 3.8) is 0 Å². The van der Waals surface area contributed by atoms with Crippen molar-refractivity contribution in [2.24, 2.45) is 7.05 Å². The van der Waals surface area contributed by atoms with Gasteiger partial charge in [0, 0.05) is 56.8 Å². The molecule has 0 amide bonds. The minimum Gasteiger partial charge on any atom is -0.369 e. The van der Waals surface area contributed by atoms with E-state index in [4.69, 9.17) is 4.74 Å². The predicted octanol–water partition coefficient (Wildman–Crippen LogP) is 2.50. The lowest BCUT2D eigenvalue weighted by Gasteiger charge is -2.32. The van der Waals surface area contributed by atoms with Gasteiger partial charge in [0.15, 0.2) is 5.65 Å². The van der Waals surface area contributed by atoms with Crippen LogP contribution < -0.4 is 5.32 Å². The number of ether oxygens (including phenoxy) is 1. The van der Waals surface area contributed by atoms with E-state index in [-0.39, 0.29) is 12.1 Å². The van der Waals surface area contributed by atoms with Crippen molar-refractivity contribution in [1.29, 1.82) is 0 Å². The molecule has 1 N–H and O–H groups in total. The minimum absolute atomic E-state index is 0.00415. The molecule has 4 rings (SSSR count). The van der Waals surface area contributed by atoms with E-state index >= 15 is 0 Å². The van der Waals surface area contributed by atoms with Crippen LogP contribution in [0.1, 0.15) is 43.0 Å². The second-order valence-electron chi connectivity index (χ2n) is 6.92. The molecule has 0 saturated carbocycles. The fourth-order valence-electron chi connectivity index (χ4n) is 3.79. The van der Waals surface area contributed by atoms with Crippen molar-refractivity contribution >= 4 is 11.0 Å². The molecule has 3 aromatic rings. The Labute approximate surface area is 153 Å². The third-order valence-electron chi connectivity index (χ3n) is 5.15. The van der Waals surface area contributed by atoms with Gasteiger partial charge in [0.25, 0.3) is 0 Å². The molecule has 0 unspecified atom stereocenters. The number of nitrogens with one attached hydrogen (secondary N) is 1. The Hall–Kier alpha value is -2.25. The highest BCUT2D eigenvalue weighted by atomic mass is 16.5. The van der Waals surface area contributed by atoms with E-state index in [0.29, 0.717) is 0 Å². The Balaban J connectivity index is 1.51. The van der Waals surface area contributed by atoms with Crippen molar-refractivity contribution in [3.8, 4) is 0 Å². The predicted molar refractivity (Wildman–Crippen MR) is 99.7 cm³/mol. The largest absolute Gasteiger partial charge is 0.369 e. The number of nitrogens with zero attached hydrogens (tertiary/aromatic N) is 5. The molecular weight excluding hydrogens is 328 g/mol. The van der Waals surface area contributed by atoms with Crippen molar-refractivity contribution in [3.05, 3.63) is 41.7 Å². The van der Waals surface area contributed by atoms with Crippen LogP contribution in [0.4, 0.5) is 0 Å². The maximum absolute atomic E-state index is 6.08. The summed E-state index contributed by atoms with van der Waals surface area (Å²) in [6.07, 6.45) is 7.96. The molecule has 1 aliphatic rings. The summed E-state index contributed by atoms with van der Waals surface area (Å²) in [5.41, 5.74) is 3.10. The fraction of sp³-hybridized carbons (Fsp3) is 0.526. The van der Waals surface area contributed by atoms with E-state index < -0.39 is 0 Å². The average molecular weight is 354 g/mol. The summed E-state index contributed by atoms with van der Waals surface area (Å²) in [6, 6.07) is 2.44. The summed E-state index contributed by atoms with van der Waals surface area (Å²) in [6.45, 7) is 6.61. The molecule has 0 radical (unpaired) electrons. The van der Waals surface area contributed by atoms with E-state index in [1.165, 1.54) is 0 Å². The molecule has 7 nitrogen and oxygen atoms in total. The molecule has 0 spiro atoms. The molecule has 1 aliphatic heterocycles. The van der Waals surface area contributed by atoms with Crippen LogP contribution in [-0.4, -0.2) is 37.0 Å². The smallest absolute Gasteiger partial charge is 0.157 e. The average Bonchev–Trinajstić information content (AvgIpc) is 3.25. The Morgan fingerprint density at radius 2 is 2.23 bits per heavy atom. The van der Waals surface area contributed by atoms with E-state index in [2.05, 4.69) is 37.9 Å². The van der Waals surface area contributed by atoms with Crippen molar-refractivity contribution in [2.45, 2.75) is 51.9 Å². The number of hydrogen-bond acceptors (Lipinski definition) is 5. The summed E-state index contributed by atoms with van der Waals surface area (Å²) in [5.74, 6) is 1.02. The van der Waals surface area contributed by atoms with E-state index in [1.807, 2.05) is 37.2 Å².